The van der Waals surface area contributed by atoms with E-state index >= 15 is 0 Å². The molecule has 3 nitrogen and oxygen atoms in total. The number of halogens is 2. The lowest BCUT2D eigenvalue weighted by Crippen LogP contribution is -2.03. The molecule has 0 N–H and O–H groups in total. The van der Waals surface area contributed by atoms with E-state index in [1.807, 2.05) is 13.1 Å². The third-order valence-electron chi connectivity index (χ3n) is 2.56. The van der Waals surface area contributed by atoms with Crippen LogP contribution in [0, 0.1) is 0 Å². The Morgan fingerprint density at radius 3 is 2.83 bits per heavy atom. The minimum Gasteiger partial charge on any atom is -0.294 e. The van der Waals surface area contributed by atoms with Gasteiger partial charge in [-0.2, -0.15) is 5.10 Å². The first-order valence-electron chi connectivity index (χ1n) is 5.59. The smallest absolute Gasteiger partial charge is 0.167 e. The summed E-state index contributed by atoms with van der Waals surface area (Å²) in [7, 11) is 0. The monoisotopic (exact) mass is 326 g/mol. The van der Waals surface area contributed by atoms with E-state index in [1.54, 1.807) is 29.1 Å². The molecule has 0 aliphatic rings. The van der Waals surface area contributed by atoms with Gasteiger partial charge in [0.05, 0.1) is 6.20 Å². The number of aromatic nitrogens is 2. The highest BCUT2D eigenvalue weighted by atomic mass is 79.9. The molecule has 1 aromatic carbocycles. The van der Waals surface area contributed by atoms with Crippen molar-refractivity contribution in [1.82, 2.24) is 9.78 Å². The summed E-state index contributed by atoms with van der Waals surface area (Å²) >= 11 is 9.25. The van der Waals surface area contributed by atoms with E-state index in [0.717, 1.165) is 16.6 Å². The van der Waals surface area contributed by atoms with Crippen LogP contribution in [0.4, 0.5) is 0 Å². The normalized spacial score (nSPS) is 10.6. The van der Waals surface area contributed by atoms with Crippen molar-refractivity contribution in [2.45, 2.75) is 19.9 Å². The van der Waals surface area contributed by atoms with Crippen molar-refractivity contribution < 1.29 is 4.79 Å². The van der Waals surface area contributed by atoms with Crippen LogP contribution in [0.25, 0.3) is 0 Å². The molecular weight excluding hydrogens is 316 g/mol. The average Bonchev–Trinajstić information content (AvgIpc) is 2.75. The quantitative estimate of drug-likeness (QED) is 0.802. The fraction of sp³-hybridized carbons (Fsp3) is 0.231. The van der Waals surface area contributed by atoms with Gasteiger partial charge < -0.3 is 0 Å². The van der Waals surface area contributed by atoms with Gasteiger partial charge in [-0.3, -0.25) is 9.48 Å². The van der Waals surface area contributed by atoms with Crippen LogP contribution in [0.15, 0.2) is 35.1 Å². The lowest BCUT2D eigenvalue weighted by atomic mass is 10.1. The zero-order valence-corrected chi connectivity index (χ0v) is 12.2. The second-order valence-corrected chi connectivity index (χ2v) is 5.31. The van der Waals surface area contributed by atoms with E-state index in [9.17, 15) is 4.79 Å². The summed E-state index contributed by atoms with van der Waals surface area (Å²) in [4.78, 5) is 12.1. The minimum absolute atomic E-state index is 0.0360. The predicted octanol–water partition coefficient (Wildman–Crippen LogP) is 3.74. The molecular formula is C13H12BrClN2O. The molecule has 5 heteroatoms. The SMILES string of the molecule is CCn1cc(CC(=O)c2cc(Cl)cc(Br)c2)cn1. The van der Waals surface area contributed by atoms with E-state index in [2.05, 4.69) is 21.0 Å². The number of benzene rings is 1. The zero-order chi connectivity index (χ0) is 13.1. The van der Waals surface area contributed by atoms with Crippen LogP contribution in [0.2, 0.25) is 5.02 Å². The molecule has 0 radical (unpaired) electrons. The van der Waals surface area contributed by atoms with Gasteiger partial charge >= 0.3 is 0 Å². The Kier molecular flexibility index (Phi) is 4.19. The number of carbonyl (C=O) groups is 1. The van der Waals surface area contributed by atoms with Crippen molar-refractivity contribution in [2.75, 3.05) is 0 Å². The fourth-order valence-corrected chi connectivity index (χ4v) is 2.53. The van der Waals surface area contributed by atoms with E-state index in [-0.39, 0.29) is 5.78 Å². The van der Waals surface area contributed by atoms with Crippen molar-refractivity contribution in [3.05, 3.63) is 51.2 Å². The number of hydrogen-bond donors (Lipinski definition) is 0. The Morgan fingerprint density at radius 1 is 1.44 bits per heavy atom. The van der Waals surface area contributed by atoms with Gasteiger partial charge in [-0.25, -0.2) is 0 Å². The predicted molar refractivity (Wildman–Crippen MR) is 75.1 cm³/mol. The van der Waals surface area contributed by atoms with E-state index < -0.39 is 0 Å². The fourth-order valence-electron chi connectivity index (χ4n) is 1.67. The van der Waals surface area contributed by atoms with Crippen molar-refractivity contribution in [1.29, 1.82) is 0 Å². The third-order valence-corrected chi connectivity index (χ3v) is 3.24. The Labute approximate surface area is 119 Å². The molecule has 1 aromatic heterocycles. The molecule has 0 amide bonds. The van der Waals surface area contributed by atoms with Crippen molar-refractivity contribution >= 4 is 33.3 Å². The lowest BCUT2D eigenvalue weighted by Gasteiger charge is -2.01. The molecule has 94 valence electrons. The number of Topliss-reactive ketones (excluding diaryl/α,β-unsaturated/α-hetero) is 1. The maximum Gasteiger partial charge on any atom is 0.167 e. The Morgan fingerprint density at radius 2 is 2.22 bits per heavy atom. The Balaban J connectivity index is 2.16. The molecule has 0 aliphatic heterocycles. The third kappa shape index (κ3) is 3.21. The second-order valence-electron chi connectivity index (χ2n) is 3.96. The van der Waals surface area contributed by atoms with Crippen LogP contribution in [0.5, 0.6) is 0 Å². The van der Waals surface area contributed by atoms with Gasteiger partial charge in [0.1, 0.15) is 0 Å². The maximum atomic E-state index is 12.1. The number of hydrogen-bond acceptors (Lipinski definition) is 2. The van der Waals surface area contributed by atoms with Gasteiger partial charge in [-0.05, 0) is 30.7 Å². The number of carbonyl (C=O) groups excluding carboxylic acids is 1. The molecule has 0 atom stereocenters. The molecule has 2 aromatic rings. The van der Waals surface area contributed by atoms with Gasteiger partial charge in [-0.1, -0.05) is 27.5 Å². The first kappa shape index (κ1) is 13.3. The Hall–Kier alpha value is -1.13. The Bertz CT molecular complexity index is 560. The standard InChI is InChI=1S/C13H12BrClN2O/c1-2-17-8-9(7-16-17)3-13(18)10-4-11(14)6-12(15)5-10/h4-8H,2-3H2,1H3. The van der Waals surface area contributed by atoms with Gasteiger partial charge in [0.15, 0.2) is 5.78 Å². The average molecular weight is 328 g/mol. The second kappa shape index (κ2) is 5.67. The van der Waals surface area contributed by atoms with E-state index in [1.165, 1.54) is 0 Å². The first-order valence-corrected chi connectivity index (χ1v) is 6.76. The van der Waals surface area contributed by atoms with Crippen LogP contribution in [0.3, 0.4) is 0 Å². The summed E-state index contributed by atoms with van der Waals surface area (Å²) in [6.45, 7) is 2.81. The van der Waals surface area contributed by atoms with Crippen LogP contribution in [0.1, 0.15) is 22.8 Å². The van der Waals surface area contributed by atoms with Crippen LogP contribution in [-0.2, 0) is 13.0 Å². The number of rotatable bonds is 4. The van der Waals surface area contributed by atoms with E-state index in [0.29, 0.717) is 17.0 Å². The summed E-state index contributed by atoms with van der Waals surface area (Å²) in [6, 6.07) is 5.21. The van der Waals surface area contributed by atoms with Gasteiger partial charge in [0, 0.05) is 34.2 Å². The number of nitrogens with zero attached hydrogens (tertiary/aromatic N) is 2. The molecule has 0 bridgehead atoms. The van der Waals surface area contributed by atoms with Crippen LogP contribution in [-0.4, -0.2) is 15.6 Å². The van der Waals surface area contributed by atoms with E-state index in [4.69, 9.17) is 11.6 Å². The largest absolute Gasteiger partial charge is 0.294 e. The summed E-state index contributed by atoms with van der Waals surface area (Å²) in [5.41, 5.74) is 1.52. The molecule has 1 heterocycles. The molecule has 2 rings (SSSR count). The summed E-state index contributed by atoms with van der Waals surface area (Å²) < 4.78 is 2.61. The highest BCUT2D eigenvalue weighted by Gasteiger charge is 2.10. The number of ketones is 1. The van der Waals surface area contributed by atoms with Crippen molar-refractivity contribution in [3.8, 4) is 0 Å². The van der Waals surface area contributed by atoms with Crippen molar-refractivity contribution in [2.24, 2.45) is 0 Å². The summed E-state index contributed by atoms with van der Waals surface area (Å²) in [5, 5.41) is 4.70. The number of aryl methyl sites for hydroxylation is 1. The highest BCUT2D eigenvalue weighted by Crippen LogP contribution is 2.20. The highest BCUT2D eigenvalue weighted by molar-refractivity contribution is 9.10. The topological polar surface area (TPSA) is 34.9 Å². The van der Waals surface area contributed by atoms with Crippen molar-refractivity contribution in [3.63, 3.8) is 0 Å². The summed E-state index contributed by atoms with van der Waals surface area (Å²) in [5.74, 6) is 0.0360. The van der Waals surface area contributed by atoms with Gasteiger partial charge in [0.2, 0.25) is 0 Å². The van der Waals surface area contributed by atoms with Crippen LogP contribution < -0.4 is 0 Å². The van der Waals surface area contributed by atoms with Gasteiger partial charge in [0.25, 0.3) is 0 Å². The maximum absolute atomic E-state index is 12.1. The summed E-state index contributed by atoms with van der Waals surface area (Å²) in [6.07, 6.45) is 3.95. The molecule has 0 spiro atoms. The minimum atomic E-state index is 0.0360. The molecule has 0 fully saturated rings. The lowest BCUT2D eigenvalue weighted by molar-refractivity contribution is 0.0993. The molecule has 0 saturated heterocycles. The van der Waals surface area contributed by atoms with Crippen LogP contribution >= 0.6 is 27.5 Å². The first-order chi connectivity index (χ1) is 8.58. The molecule has 0 unspecified atom stereocenters. The molecule has 18 heavy (non-hydrogen) atoms. The van der Waals surface area contributed by atoms with Gasteiger partial charge in [-0.15, -0.1) is 0 Å². The zero-order valence-electron chi connectivity index (χ0n) is 9.86. The molecule has 0 aliphatic carbocycles. The molecule has 0 saturated carbocycles.